The van der Waals surface area contributed by atoms with Gasteiger partial charge in [-0.05, 0) is 92.9 Å². The predicted molar refractivity (Wildman–Crippen MR) is 103 cm³/mol. The van der Waals surface area contributed by atoms with Crippen LogP contribution in [0, 0.1) is 36.5 Å². The first-order valence-corrected chi connectivity index (χ1v) is 10.8. The summed E-state index contributed by atoms with van der Waals surface area (Å²) in [5, 5.41) is 0. The van der Waals surface area contributed by atoms with Gasteiger partial charge in [-0.2, -0.15) is 0 Å². The lowest BCUT2D eigenvalue weighted by Gasteiger charge is -2.51. The molecule has 0 heterocycles. The molecule has 0 radical (unpaired) electrons. The Balaban J connectivity index is 1.40. The Morgan fingerprint density at radius 2 is 1.46 bits per heavy atom. The van der Waals surface area contributed by atoms with Crippen LogP contribution in [-0.4, -0.2) is 0 Å². The first-order chi connectivity index (χ1) is 11.7. The Kier molecular flexibility index (Phi) is 5.02. The molecular formula is C24H36. The fraction of sp³-hybridized carbons (Fsp3) is 0.750. The van der Waals surface area contributed by atoms with Gasteiger partial charge < -0.3 is 0 Å². The zero-order valence-corrected chi connectivity index (χ0v) is 15.8. The van der Waals surface area contributed by atoms with E-state index in [9.17, 15) is 0 Å². The quantitative estimate of drug-likeness (QED) is 0.555. The van der Waals surface area contributed by atoms with E-state index in [1.807, 2.05) is 0 Å². The highest BCUT2D eigenvalue weighted by Gasteiger charge is 2.44. The van der Waals surface area contributed by atoms with E-state index in [1.165, 1.54) is 44.1 Å². The van der Waals surface area contributed by atoms with Gasteiger partial charge >= 0.3 is 0 Å². The Hall–Kier alpha value is -0.780. The first-order valence-electron chi connectivity index (χ1n) is 10.8. The van der Waals surface area contributed by atoms with Gasteiger partial charge in [-0.3, -0.25) is 0 Å². The maximum Gasteiger partial charge on any atom is -0.0159 e. The third-order valence-corrected chi connectivity index (χ3v) is 7.89. The van der Waals surface area contributed by atoms with Crippen molar-refractivity contribution < 1.29 is 0 Å². The lowest BCUT2D eigenvalue weighted by atomic mass is 9.55. The summed E-state index contributed by atoms with van der Waals surface area (Å²) in [7, 11) is 0. The number of hydrogen-bond acceptors (Lipinski definition) is 0. The van der Waals surface area contributed by atoms with Crippen LogP contribution in [0.5, 0.6) is 0 Å². The molecule has 3 aliphatic rings. The standard InChI is InChI=1S/C24H36/c1-3-4-18-7-13-23-21(15-18)10-11-22-16-20(12-14-24(22)23)19-8-5-17(2)6-9-19/h5-6,8-9,18,20-24H,3-4,7,10-16H2,1-2H3. The number of fused-ring (bicyclic) bond motifs is 3. The summed E-state index contributed by atoms with van der Waals surface area (Å²) in [6.45, 7) is 4.58. The molecule has 0 amide bonds. The van der Waals surface area contributed by atoms with E-state index in [4.69, 9.17) is 0 Å². The smallest absolute Gasteiger partial charge is 0.0159 e. The molecule has 0 aliphatic heterocycles. The second-order valence-electron chi connectivity index (χ2n) is 9.31. The summed E-state index contributed by atoms with van der Waals surface area (Å²) in [6, 6.07) is 9.44. The molecule has 1 aromatic carbocycles. The second-order valence-corrected chi connectivity index (χ2v) is 9.31. The van der Waals surface area contributed by atoms with Crippen molar-refractivity contribution in [2.24, 2.45) is 29.6 Å². The molecule has 3 saturated carbocycles. The van der Waals surface area contributed by atoms with Crippen LogP contribution >= 0.6 is 0 Å². The number of aryl methyl sites for hydroxylation is 1. The van der Waals surface area contributed by atoms with Crippen LogP contribution < -0.4 is 0 Å². The molecular weight excluding hydrogens is 288 g/mol. The van der Waals surface area contributed by atoms with Gasteiger partial charge in [0.25, 0.3) is 0 Å². The molecule has 0 N–H and O–H groups in total. The van der Waals surface area contributed by atoms with Gasteiger partial charge in [-0.1, -0.05) is 56.0 Å². The molecule has 6 atom stereocenters. The maximum atomic E-state index is 2.40. The molecule has 4 rings (SSSR count). The van der Waals surface area contributed by atoms with E-state index >= 15 is 0 Å². The fourth-order valence-electron chi connectivity index (χ4n) is 6.70. The van der Waals surface area contributed by atoms with E-state index < -0.39 is 0 Å². The van der Waals surface area contributed by atoms with Gasteiger partial charge in [-0.25, -0.2) is 0 Å². The molecule has 3 fully saturated rings. The van der Waals surface area contributed by atoms with Crippen LogP contribution in [0.1, 0.15) is 88.2 Å². The summed E-state index contributed by atoms with van der Waals surface area (Å²) < 4.78 is 0. The van der Waals surface area contributed by atoms with Crippen LogP contribution in [0.4, 0.5) is 0 Å². The van der Waals surface area contributed by atoms with Crippen molar-refractivity contribution in [3.63, 3.8) is 0 Å². The normalized spacial score (nSPS) is 39.1. The van der Waals surface area contributed by atoms with E-state index in [1.54, 1.807) is 31.2 Å². The Bertz CT molecular complexity index is 527. The molecule has 0 spiro atoms. The Morgan fingerprint density at radius 3 is 2.17 bits per heavy atom. The summed E-state index contributed by atoms with van der Waals surface area (Å²) in [6.07, 6.45) is 15.1. The topological polar surface area (TPSA) is 0 Å². The SMILES string of the molecule is CCCC1CCC2C(CCC3CC(c4ccc(C)cc4)CCC32)C1. The highest BCUT2D eigenvalue weighted by atomic mass is 14.5. The molecule has 6 unspecified atom stereocenters. The number of benzene rings is 1. The van der Waals surface area contributed by atoms with Crippen molar-refractivity contribution in [3.05, 3.63) is 35.4 Å². The lowest BCUT2D eigenvalue weighted by molar-refractivity contribution is 0.00543. The van der Waals surface area contributed by atoms with Gasteiger partial charge in [0.1, 0.15) is 0 Å². The summed E-state index contributed by atoms with van der Waals surface area (Å²) in [5.41, 5.74) is 3.02. The van der Waals surface area contributed by atoms with Crippen LogP contribution in [0.15, 0.2) is 24.3 Å². The Morgan fingerprint density at radius 1 is 0.792 bits per heavy atom. The molecule has 0 aromatic heterocycles. The average molecular weight is 325 g/mol. The van der Waals surface area contributed by atoms with Crippen molar-refractivity contribution in [2.45, 2.75) is 84.0 Å². The van der Waals surface area contributed by atoms with Crippen LogP contribution in [0.3, 0.4) is 0 Å². The highest BCUT2D eigenvalue weighted by molar-refractivity contribution is 5.25. The molecule has 0 heteroatoms. The zero-order valence-electron chi connectivity index (χ0n) is 15.8. The molecule has 0 saturated heterocycles. The van der Waals surface area contributed by atoms with Crippen molar-refractivity contribution in [1.29, 1.82) is 0 Å². The largest absolute Gasteiger partial charge is 0.0654 e. The minimum Gasteiger partial charge on any atom is -0.0654 e. The average Bonchev–Trinajstić information content (AvgIpc) is 2.62. The van der Waals surface area contributed by atoms with Gasteiger partial charge in [-0.15, -0.1) is 0 Å². The van der Waals surface area contributed by atoms with Crippen LogP contribution in [0.2, 0.25) is 0 Å². The van der Waals surface area contributed by atoms with E-state index in [0.29, 0.717) is 0 Å². The number of hydrogen-bond donors (Lipinski definition) is 0. The predicted octanol–water partition coefficient (Wildman–Crippen LogP) is 7.12. The monoisotopic (exact) mass is 324 g/mol. The second kappa shape index (κ2) is 7.22. The minimum absolute atomic E-state index is 0.847. The van der Waals surface area contributed by atoms with Gasteiger partial charge in [0.2, 0.25) is 0 Å². The molecule has 24 heavy (non-hydrogen) atoms. The lowest BCUT2D eigenvalue weighted by Crippen LogP contribution is -2.41. The zero-order chi connectivity index (χ0) is 16.5. The maximum absolute atomic E-state index is 2.40. The van der Waals surface area contributed by atoms with Crippen molar-refractivity contribution in [3.8, 4) is 0 Å². The molecule has 1 aromatic rings. The van der Waals surface area contributed by atoms with Crippen LogP contribution in [0.25, 0.3) is 0 Å². The molecule has 0 nitrogen and oxygen atoms in total. The highest BCUT2D eigenvalue weighted by Crippen LogP contribution is 2.55. The summed E-state index contributed by atoms with van der Waals surface area (Å²) in [4.78, 5) is 0. The molecule has 3 aliphatic carbocycles. The summed E-state index contributed by atoms with van der Waals surface area (Å²) in [5.74, 6) is 6.21. The van der Waals surface area contributed by atoms with Crippen molar-refractivity contribution >= 4 is 0 Å². The van der Waals surface area contributed by atoms with Crippen LogP contribution in [-0.2, 0) is 0 Å². The van der Waals surface area contributed by atoms with Gasteiger partial charge in [0.05, 0.1) is 0 Å². The molecule has 0 bridgehead atoms. The van der Waals surface area contributed by atoms with Crippen molar-refractivity contribution in [2.75, 3.05) is 0 Å². The summed E-state index contributed by atoms with van der Waals surface area (Å²) >= 11 is 0. The van der Waals surface area contributed by atoms with Crippen molar-refractivity contribution in [1.82, 2.24) is 0 Å². The third kappa shape index (κ3) is 3.31. The fourth-order valence-corrected chi connectivity index (χ4v) is 6.70. The molecule has 132 valence electrons. The van der Waals surface area contributed by atoms with E-state index in [2.05, 4.69) is 38.1 Å². The van der Waals surface area contributed by atoms with Gasteiger partial charge in [0, 0.05) is 0 Å². The first kappa shape index (κ1) is 16.7. The third-order valence-electron chi connectivity index (χ3n) is 7.89. The number of rotatable bonds is 3. The minimum atomic E-state index is 0.847. The van der Waals surface area contributed by atoms with E-state index in [-0.39, 0.29) is 0 Å². The Labute approximate surface area is 149 Å². The van der Waals surface area contributed by atoms with Gasteiger partial charge in [0.15, 0.2) is 0 Å². The van der Waals surface area contributed by atoms with E-state index in [0.717, 1.165) is 35.5 Å².